The second-order valence-corrected chi connectivity index (χ2v) is 4.69. The molecule has 1 aromatic heterocycles. The molecule has 22 heavy (non-hydrogen) atoms. The molecule has 0 aliphatic carbocycles. The van der Waals surface area contributed by atoms with Crippen LogP contribution in [0.4, 0.5) is 13.2 Å². The van der Waals surface area contributed by atoms with Gasteiger partial charge >= 0.3 is 6.18 Å². The van der Waals surface area contributed by atoms with Crippen molar-refractivity contribution < 1.29 is 27.8 Å². The molecule has 0 amide bonds. The third-order valence-corrected chi connectivity index (χ3v) is 3.28. The molecular weight excluding hydrogens is 299 g/mol. The largest absolute Gasteiger partial charge is 0.493 e. The van der Waals surface area contributed by atoms with Crippen molar-refractivity contribution in [2.75, 3.05) is 14.2 Å². The van der Waals surface area contributed by atoms with Crippen LogP contribution in [0.1, 0.15) is 16.8 Å². The lowest BCUT2D eigenvalue weighted by molar-refractivity contribution is -0.137. The second kappa shape index (κ2) is 6.31. The van der Waals surface area contributed by atoms with Crippen LogP contribution >= 0.6 is 0 Å². The maximum absolute atomic E-state index is 12.7. The van der Waals surface area contributed by atoms with Gasteiger partial charge in [0.25, 0.3) is 0 Å². The number of hydrogen-bond acceptors (Lipinski definition) is 3. The van der Waals surface area contributed by atoms with Crippen molar-refractivity contribution in [1.29, 1.82) is 0 Å². The highest BCUT2D eigenvalue weighted by molar-refractivity contribution is 5.43. The smallest absolute Gasteiger partial charge is 0.417 e. The molecule has 7 heteroatoms. The van der Waals surface area contributed by atoms with E-state index < -0.39 is 18.3 Å². The average Bonchev–Trinajstić information content (AvgIpc) is 2.90. The minimum atomic E-state index is -4.44. The van der Waals surface area contributed by atoms with Gasteiger partial charge < -0.3 is 19.1 Å². The van der Waals surface area contributed by atoms with Gasteiger partial charge in [-0.3, -0.25) is 0 Å². The number of ether oxygens (including phenoxy) is 2. The van der Waals surface area contributed by atoms with Gasteiger partial charge in [-0.25, -0.2) is 0 Å². The summed E-state index contributed by atoms with van der Waals surface area (Å²) in [6.07, 6.45) is -3.45. The monoisotopic (exact) mass is 315 g/mol. The fraction of sp³-hybridized carbons (Fsp3) is 0.333. The number of alkyl halides is 3. The highest BCUT2D eigenvalue weighted by Gasteiger charge is 2.32. The molecule has 0 saturated carbocycles. The maximum Gasteiger partial charge on any atom is 0.417 e. The van der Waals surface area contributed by atoms with Gasteiger partial charge in [0.05, 0.1) is 26.4 Å². The number of hydrogen-bond donors (Lipinski definition) is 1. The number of benzene rings is 1. The van der Waals surface area contributed by atoms with Gasteiger partial charge in [-0.1, -0.05) is 6.07 Å². The summed E-state index contributed by atoms with van der Waals surface area (Å²) in [6, 6.07) is 6.05. The van der Waals surface area contributed by atoms with Gasteiger partial charge in [0.1, 0.15) is 0 Å². The number of nitrogens with zero attached hydrogens (tertiary/aromatic N) is 1. The molecule has 0 fully saturated rings. The van der Waals surface area contributed by atoms with E-state index in [2.05, 4.69) is 0 Å². The lowest BCUT2D eigenvalue weighted by Gasteiger charge is -2.11. The third kappa shape index (κ3) is 3.36. The summed E-state index contributed by atoms with van der Waals surface area (Å²) in [5.74, 6) is 1.03. The van der Waals surface area contributed by atoms with E-state index in [0.29, 0.717) is 11.5 Å². The fourth-order valence-electron chi connectivity index (χ4n) is 2.16. The molecule has 0 aliphatic rings. The zero-order valence-electron chi connectivity index (χ0n) is 12.1. The first-order valence-electron chi connectivity index (χ1n) is 6.47. The summed E-state index contributed by atoms with van der Waals surface area (Å²) in [6.45, 7) is -0.282. The lowest BCUT2D eigenvalue weighted by atomic mass is 10.2. The normalized spacial score (nSPS) is 11.5. The van der Waals surface area contributed by atoms with Gasteiger partial charge in [-0.2, -0.15) is 13.2 Å². The van der Waals surface area contributed by atoms with Crippen LogP contribution in [0.15, 0.2) is 30.5 Å². The van der Waals surface area contributed by atoms with Gasteiger partial charge in [-0.15, -0.1) is 0 Å². The van der Waals surface area contributed by atoms with Crippen LogP contribution in [0.3, 0.4) is 0 Å². The molecule has 4 nitrogen and oxygen atoms in total. The van der Waals surface area contributed by atoms with E-state index in [4.69, 9.17) is 9.47 Å². The zero-order chi connectivity index (χ0) is 16.3. The standard InChI is InChI=1S/C15H16F3NO3/c1-21-13-4-3-10(5-14(13)22-2)7-19-8-11(15(16,17)18)6-12(19)9-20/h3-6,8,20H,7,9H2,1-2H3. The number of halogens is 3. The van der Waals surface area contributed by atoms with Crippen LogP contribution in [-0.2, 0) is 19.3 Å². The summed E-state index contributed by atoms with van der Waals surface area (Å²) in [5.41, 5.74) is 0.149. The Kier molecular flexibility index (Phi) is 4.65. The first-order valence-corrected chi connectivity index (χ1v) is 6.47. The number of methoxy groups -OCH3 is 2. The Bertz CT molecular complexity index is 650. The Hall–Kier alpha value is -2.15. The molecule has 0 unspecified atom stereocenters. The number of aliphatic hydroxyl groups is 1. The van der Waals surface area contributed by atoms with Crippen molar-refractivity contribution in [3.8, 4) is 11.5 Å². The van der Waals surface area contributed by atoms with E-state index in [1.54, 1.807) is 18.2 Å². The fourth-order valence-corrected chi connectivity index (χ4v) is 2.16. The van der Waals surface area contributed by atoms with E-state index in [1.165, 1.54) is 18.8 Å². The van der Waals surface area contributed by atoms with Crippen LogP contribution in [0.25, 0.3) is 0 Å². The Labute approximate surface area is 125 Å². The quantitative estimate of drug-likeness (QED) is 0.922. The SMILES string of the molecule is COc1ccc(Cn2cc(C(F)(F)F)cc2CO)cc1OC. The van der Waals surface area contributed by atoms with Crippen LogP contribution in [0, 0.1) is 0 Å². The maximum atomic E-state index is 12.7. The van der Waals surface area contributed by atoms with E-state index >= 15 is 0 Å². The topological polar surface area (TPSA) is 43.6 Å². The first kappa shape index (κ1) is 16.2. The summed E-state index contributed by atoms with van der Waals surface area (Å²) >= 11 is 0. The number of rotatable bonds is 5. The van der Waals surface area contributed by atoms with Gasteiger partial charge in [0.2, 0.25) is 0 Å². The highest BCUT2D eigenvalue weighted by Crippen LogP contribution is 2.32. The van der Waals surface area contributed by atoms with Crippen molar-refractivity contribution in [3.05, 3.63) is 47.3 Å². The lowest BCUT2D eigenvalue weighted by Crippen LogP contribution is -2.05. The summed E-state index contributed by atoms with van der Waals surface area (Å²) < 4.78 is 49.9. The van der Waals surface area contributed by atoms with E-state index in [1.807, 2.05) is 0 Å². The molecule has 1 N–H and O–H groups in total. The molecule has 0 atom stereocenters. The van der Waals surface area contributed by atoms with E-state index in [-0.39, 0.29) is 12.2 Å². The molecule has 1 aromatic carbocycles. The Balaban J connectivity index is 2.32. The highest BCUT2D eigenvalue weighted by atomic mass is 19.4. The minimum absolute atomic E-state index is 0.187. The zero-order valence-corrected chi connectivity index (χ0v) is 12.1. The van der Waals surface area contributed by atoms with Crippen LogP contribution in [0.2, 0.25) is 0 Å². The van der Waals surface area contributed by atoms with Crippen molar-refractivity contribution in [2.45, 2.75) is 19.3 Å². The molecule has 2 rings (SSSR count). The van der Waals surface area contributed by atoms with Crippen molar-refractivity contribution in [2.24, 2.45) is 0 Å². The van der Waals surface area contributed by atoms with Crippen molar-refractivity contribution in [1.82, 2.24) is 4.57 Å². The predicted molar refractivity (Wildman–Crippen MR) is 74.0 cm³/mol. The van der Waals surface area contributed by atoms with Crippen LogP contribution in [0.5, 0.6) is 11.5 Å². The molecule has 0 spiro atoms. The second-order valence-electron chi connectivity index (χ2n) is 4.69. The molecule has 0 aliphatic heterocycles. The number of aliphatic hydroxyl groups excluding tert-OH is 1. The first-order chi connectivity index (χ1) is 10.4. The Morgan fingerprint density at radius 3 is 2.32 bits per heavy atom. The molecule has 120 valence electrons. The molecule has 2 aromatic rings. The molecule has 0 saturated heterocycles. The van der Waals surface area contributed by atoms with Crippen molar-refractivity contribution in [3.63, 3.8) is 0 Å². The average molecular weight is 315 g/mol. The van der Waals surface area contributed by atoms with Gasteiger partial charge in [0, 0.05) is 18.4 Å². The van der Waals surface area contributed by atoms with Gasteiger partial charge in [-0.05, 0) is 23.8 Å². The number of aromatic nitrogens is 1. The molecule has 0 radical (unpaired) electrons. The third-order valence-electron chi connectivity index (χ3n) is 3.28. The summed E-state index contributed by atoms with van der Waals surface area (Å²) in [5, 5.41) is 9.23. The molecular formula is C15H16F3NO3. The van der Waals surface area contributed by atoms with Crippen LogP contribution in [-0.4, -0.2) is 23.9 Å². The van der Waals surface area contributed by atoms with Gasteiger partial charge in [0.15, 0.2) is 11.5 Å². The minimum Gasteiger partial charge on any atom is -0.493 e. The summed E-state index contributed by atoms with van der Waals surface area (Å²) in [7, 11) is 2.99. The Morgan fingerprint density at radius 2 is 1.77 bits per heavy atom. The predicted octanol–water partition coefficient (Wildman–Crippen LogP) is 3.06. The van der Waals surface area contributed by atoms with Crippen molar-refractivity contribution >= 4 is 0 Å². The van der Waals surface area contributed by atoms with Crippen LogP contribution < -0.4 is 9.47 Å². The summed E-state index contributed by atoms with van der Waals surface area (Å²) in [4.78, 5) is 0. The van der Waals surface area contributed by atoms with E-state index in [9.17, 15) is 18.3 Å². The Morgan fingerprint density at radius 1 is 1.09 bits per heavy atom. The molecule has 0 bridgehead atoms. The van der Waals surface area contributed by atoms with E-state index in [0.717, 1.165) is 17.8 Å². The molecule has 1 heterocycles.